The SMILES string of the molecule is C[C@@H]1[C@@H](C)S(=O)(=O)NC(=O)c2ccc3c(c2)N(Cc2ccc(Cl)c(F)c2CCCCO3)C[C@@H]2CC[C@H]2[C@@H](OCCN2CCCC2)C2=C[C@H]1C2. The Bertz CT molecular complexity index is 1700. The highest BCUT2D eigenvalue weighted by Gasteiger charge is 2.45. The third kappa shape index (κ3) is 7.26. The fraction of sp³-hybridized carbons (Fsp3) is 0.605. The Labute approximate surface area is 295 Å². The van der Waals surface area contributed by atoms with Crippen molar-refractivity contribution in [1.29, 1.82) is 0 Å². The second kappa shape index (κ2) is 14.5. The van der Waals surface area contributed by atoms with Crippen molar-refractivity contribution in [3.8, 4) is 5.75 Å². The Morgan fingerprint density at radius 3 is 2.63 bits per heavy atom. The van der Waals surface area contributed by atoms with Crippen LogP contribution in [-0.2, 0) is 27.7 Å². The first-order chi connectivity index (χ1) is 23.6. The molecule has 11 heteroatoms. The number of benzene rings is 2. The standard InChI is InChI=1S/C38H49ClFN3O5S/c1-24-25(2)49(45,46)41-38(44)26-10-13-35-34(21-26)43(22-27-9-12-33(39)36(40)31(27)7-3-6-17-47-35)23-28-8-11-32(28)37(30-19-29(24)20-30)48-18-16-42-14-4-5-15-42/h9-10,12-13,19,21,24-25,28-29,32,37H,3-8,11,14-18,20,22-23H2,1-2H3,(H,41,44)/t24-,25-,28+,29+,32-,37+/m1/s1. The Morgan fingerprint density at radius 1 is 1.08 bits per heavy atom. The van der Waals surface area contributed by atoms with E-state index >= 15 is 4.39 Å². The molecule has 1 amide bonds. The van der Waals surface area contributed by atoms with Crippen molar-refractivity contribution in [2.75, 3.05) is 44.3 Å². The van der Waals surface area contributed by atoms with Gasteiger partial charge in [0.1, 0.15) is 11.6 Å². The van der Waals surface area contributed by atoms with Crippen molar-refractivity contribution in [2.24, 2.45) is 23.7 Å². The van der Waals surface area contributed by atoms with Crippen LogP contribution in [0.3, 0.4) is 0 Å². The van der Waals surface area contributed by atoms with E-state index in [9.17, 15) is 13.2 Å². The molecule has 2 fully saturated rings. The molecule has 4 aliphatic heterocycles. The summed E-state index contributed by atoms with van der Waals surface area (Å²) < 4.78 is 58.1. The summed E-state index contributed by atoms with van der Waals surface area (Å²) in [5, 5.41) is -0.654. The predicted molar refractivity (Wildman–Crippen MR) is 190 cm³/mol. The summed E-state index contributed by atoms with van der Waals surface area (Å²) in [5.74, 6) is 0.103. The highest BCUT2D eigenvalue weighted by atomic mass is 35.5. The maximum Gasteiger partial charge on any atom is 0.264 e. The number of likely N-dealkylation sites (tertiary alicyclic amines) is 1. The zero-order chi connectivity index (χ0) is 34.3. The molecule has 8 rings (SSSR count). The van der Waals surface area contributed by atoms with Gasteiger partial charge >= 0.3 is 0 Å². The number of amides is 1. The van der Waals surface area contributed by atoms with Crippen LogP contribution < -0.4 is 14.4 Å². The molecule has 266 valence electrons. The molecule has 6 aliphatic rings. The van der Waals surface area contributed by atoms with Gasteiger partial charge < -0.3 is 19.3 Å². The van der Waals surface area contributed by atoms with Crippen molar-refractivity contribution in [3.05, 3.63) is 69.5 Å². The number of halogens is 2. The molecule has 0 unspecified atom stereocenters. The van der Waals surface area contributed by atoms with E-state index in [1.165, 1.54) is 18.4 Å². The average Bonchev–Trinajstić information content (AvgIpc) is 3.55. The highest BCUT2D eigenvalue weighted by molar-refractivity contribution is 7.90. The van der Waals surface area contributed by atoms with Gasteiger partial charge in [-0.2, -0.15) is 0 Å². The quantitative estimate of drug-likeness (QED) is 0.351. The second-order valence-corrected chi connectivity index (χ2v) is 17.3. The van der Waals surface area contributed by atoms with E-state index in [-0.39, 0.29) is 34.3 Å². The van der Waals surface area contributed by atoms with Crippen molar-refractivity contribution < 1.29 is 27.1 Å². The van der Waals surface area contributed by atoms with Gasteiger partial charge in [0.2, 0.25) is 10.0 Å². The summed E-state index contributed by atoms with van der Waals surface area (Å²) in [5.41, 5.74) is 3.66. The van der Waals surface area contributed by atoms with Gasteiger partial charge in [-0.1, -0.05) is 30.7 Å². The van der Waals surface area contributed by atoms with Crippen LogP contribution in [0.25, 0.3) is 0 Å². The average molecular weight is 714 g/mol. The first-order valence-electron chi connectivity index (χ1n) is 18.2. The molecule has 49 heavy (non-hydrogen) atoms. The first kappa shape index (κ1) is 34.8. The Hall–Kier alpha value is -2.66. The van der Waals surface area contributed by atoms with Gasteiger partial charge in [0.15, 0.2) is 0 Å². The largest absolute Gasteiger partial charge is 0.491 e. The lowest BCUT2D eigenvalue weighted by Crippen LogP contribution is -2.48. The summed E-state index contributed by atoms with van der Waals surface area (Å²) in [6.45, 7) is 8.97. The van der Waals surface area contributed by atoms with Crippen LogP contribution in [0.5, 0.6) is 5.75 Å². The number of ether oxygens (including phenoxy) is 2. The summed E-state index contributed by atoms with van der Waals surface area (Å²) in [4.78, 5) is 18.3. The molecule has 2 aromatic rings. The van der Waals surface area contributed by atoms with E-state index in [0.717, 1.165) is 57.3 Å². The van der Waals surface area contributed by atoms with E-state index in [1.54, 1.807) is 31.2 Å². The summed E-state index contributed by atoms with van der Waals surface area (Å²) in [6.07, 6.45) is 9.57. The van der Waals surface area contributed by atoms with E-state index < -0.39 is 21.2 Å². The molecule has 1 saturated heterocycles. The Kier molecular flexibility index (Phi) is 10.3. The number of sulfonamides is 1. The fourth-order valence-corrected chi connectivity index (χ4v) is 9.92. The number of rotatable bonds is 4. The van der Waals surface area contributed by atoms with Gasteiger partial charge in [-0.3, -0.25) is 4.79 Å². The van der Waals surface area contributed by atoms with Gasteiger partial charge in [-0.15, -0.1) is 0 Å². The van der Waals surface area contributed by atoms with Crippen molar-refractivity contribution in [1.82, 2.24) is 9.62 Å². The number of hydrogen-bond donors (Lipinski definition) is 1. The van der Waals surface area contributed by atoms with Crippen LogP contribution in [0.4, 0.5) is 10.1 Å². The number of carbonyl (C=O) groups is 1. The van der Waals surface area contributed by atoms with E-state index in [2.05, 4.69) is 20.6 Å². The Balaban J connectivity index is 1.28. The molecule has 4 bridgehead atoms. The smallest absolute Gasteiger partial charge is 0.264 e. The maximum atomic E-state index is 15.5. The lowest BCUT2D eigenvalue weighted by atomic mass is 9.64. The van der Waals surface area contributed by atoms with Crippen LogP contribution in [0.1, 0.15) is 80.3 Å². The van der Waals surface area contributed by atoms with Crippen LogP contribution in [-0.4, -0.2) is 70.0 Å². The summed E-state index contributed by atoms with van der Waals surface area (Å²) in [7, 11) is -3.97. The molecule has 2 aliphatic carbocycles. The molecular formula is C38H49ClFN3O5S. The minimum Gasteiger partial charge on any atom is -0.491 e. The Morgan fingerprint density at radius 2 is 1.88 bits per heavy atom. The van der Waals surface area contributed by atoms with E-state index in [4.69, 9.17) is 21.1 Å². The number of carbonyl (C=O) groups excluding carboxylic acids is 1. The number of nitrogens with one attached hydrogen (secondary N) is 1. The molecule has 0 spiro atoms. The maximum absolute atomic E-state index is 15.5. The van der Waals surface area contributed by atoms with Crippen LogP contribution in [0.2, 0.25) is 5.02 Å². The number of allylic oxidation sites excluding steroid dienone is 1. The van der Waals surface area contributed by atoms with Gasteiger partial charge in [0, 0.05) is 25.2 Å². The van der Waals surface area contributed by atoms with Crippen LogP contribution in [0, 0.1) is 29.5 Å². The molecular weight excluding hydrogens is 665 g/mol. The van der Waals surface area contributed by atoms with Crippen molar-refractivity contribution in [2.45, 2.75) is 83.1 Å². The molecule has 1 N–H and O–H groups in total. The number of nitrogens with zero attached hydrogens (tertiary/aromatic N) is 2. The molecule has 6 atom stereocenters. The zero-order valence-electron chi connectivity index (χ0n) is 28.6. The topological polar surface area (TPSA) is 88.2 Å². The zero-order valence-corrected chi connectivity index (χ0v) is 30.2. The minimum absolute atomic E-state index is 0.0288. The third-order valence-electron chi connectivity index (χ3n) is 11.9. The number of hydrogen-bond acceptors (Lipinski definition) is 7. The summed E-state index contributed by atoms with van der Waals surface area (Å²) >= 11 is 6.28. The molecule has 8 nitrogen and oxygen atoms in total. The second-order valence-electron chi connectivity index (χ2n) is 14.9. The summed E-state index contributed by atoms with van der Waals surface area (Å²) in [6, 6.07) is 8.66. The number of fused-ring (bicyclic) bond motifs is 5. The molecule has 2 aromatic carbocycles. The van der Waals surface area contributed by atoms with E-state index in [1.807, 2.05) is 13.0 Å². The van der Waals surface area contributed by atoms with Gasteiger partial charge in [0.05, 0.1) is 35.3 Å². The minimum atomic E-state index is -3.97. The lowest BCUT2D eigenvalue weighted by molar-refractivity contribution is -0.0313. The first-order valence-corrected chi connectivity index (χ1v) is 20.1. The highest BCUT2D eigenvalue weighted by Crippen LogP contribution is 2.48. The third-order valence-corrected chi connectivity index (χ3v) is 14.1. The molecule has 0 radical (unpaired) electrons. The van der Waals surface area contributed by atoms with Crippen LogP contribution >= 0.6 is 11.6 Å². The predicted octanol–water partition coefficient (Wildman–Crippen LogP) is 6.75. The van der Waals surface area contributed by atoms with Gasteiger partial charge in [-0.25, -0.2) is 17.5 Å². The lowest BCUT2D eigenvalue weighted by Gasteiger charge is -2.48. The van der Waals surface area contributed by atoms with Gasteiger partial charge in [0.25, 0.3) is 5.91 Å². The monoisotopic (exact) mass is 713 g/mol. The number of anilines is 1. The van der Waals surface area contributed by atoms with E-state index in [0.29, 0.717) is 61.6 Å². The normalized spacial score (nSPS) is 30.3. The van der Waals surface area contributed by atoms with Crippen molar-refractivity contribution >= 4 is 33.2 Å². The molecule has 4 heterocycles. The molecule has 1 saturated carbocycles. The fourth-order valence-electron chi connectivity index (χ4n) is 8.42. The molecule has 0 aromatic heterocycles. The van der Waals surface area contributed by atoms with Crippen LogP contribution in [0.15, 0.2) is 42.0 Å². The van der Waals surface area contributed by atoms with Crippen molar-refractivity contribution in [3.63, 3.8) is 0 Å². The van der Waals surface area contributed by atoms with Gasteiger partial charge in [-0.05, 0) is 136 Å².